The lowest BCUT2D eigenvalue weighted by molar-refractivity contribution is 0.643. The molecule has 0 radical (unpaired) electrons. The van der Waals surface area contributed by atoms with Gasteiger partial charge >= 0.3 is 26.8 Å². The molecule has 0 spiro atoms. The molecule has 1 aliphatic heterocycles. The van der Waals surface area contributed by atoms with E-state index in [1.807, 2.05) is 12.1 Å². The molecule has 12 aromatic rings. The second-order valence-electron chi connectivity index (χ2n) is 18.3. The van der Waals surface area contributed by atoms with E-state index in [-0.39, 0.29) is 20.9 Å². The monoisotopic (exact) mass is 925 g/mol. The summed E-state index contributed by atoms with van der Waals surface area (Å²) in [7, 11) is -3.27. The molecule has 0 atom stereocenters. The van der Waals surface area contributed by atoms with E-state index in [0.29, 0.717) is 5.84 Å². The highest BCUT2D eigenvalue weighted by atomic mass is 28.3. The predicted molar refractivity (Wildman–Crippen MR) is 302 cm³/mol. The maximum Gasteiger partial charge on any atom is 0.388 e. The van der Waals surface area contributed by atoms with Crippen LogP contribution in [0.15, 0.2) is 283 Å². The van der Waals surface area contributed by atoms with Crippen LogP contribution >= 0.6 is 0 Å². The summed E-state index contributed by atoms with van der Waals surface area (Å²) in [5.41, 5.74) is 10.7. The van der Waals surface area contributed by atoms with Crippen molar-refractivity contribution in [1.29, 1.82) is 0 Å². The number of imidazole rings is 1. The molecule has 334 valence electrons. The fourth-order valence-corrected chi connectivity index (χ4v) is 16.4. The highest BCUT2D eigenvalue weighted by Crippen LogP contribution is 2.34. The molecule has 0 saturated carbocycles. The lowest BCUT2D eigenvalue weighted by atomic mass is 9.37. The van der Waals surface area contributed by atoms with E-state index in [1.165, 1.54) is 37.1 Å². The summed E-state index contributed by atoms with van der Waals surface area (Å²) in [6.07, 6.45) is 0. The van der Waals surface area contributed by atoms with Crippen LogP contribution in [0, 0.1) is 0 Å². The van der Waals surface area contributed by atoms with E-state index in [2.05, 4.69) is 285 Å². The summed E-state index contributed by atoms with van der Waals surface area (Å²) >= 11 is 0. The highest BCUT2D eigenvalue weighted by Gasteiger charge is 2.56. The van der Waals surface area contributed by atoms with Crippen LogP contribution in [0.5, 0.6) is 0 Å². The third kappa shape index (κ3) is 7.09. The predicted octanol–water partition coefficient (Wildman–Crippen LogP) is 8.63. The number of hydrogen-bond donors (Lipinski definition) is 0. The first-order valence-electron chi connectivity index (χ1n) is 24.4. The van der Waals surface area contributed by atoms with Gasteiger partial charge in [0.2, 0.25) is 0 Å². The molecule has 0 N–H and O–H groups in total. The van der Waals surface area contributed by atoms with Crippen LogP contribution in [0.4, 0.5) is 17.1 Å². The molecule has 1 aliphatic rings. The number of fused-ring (bicyclic) bond motifs is 5. The maximum absolute atomic E-state index is 6.51. The molecular weight excluding hydrogens is 879 g/mol. The van der Waals surface area contributed by atoms with Gasteiger partial charge in [0.05, 0.1) is 16.6 Å². The molecule has 71 heavy (non-hydrogen) atoms. The Hall–Kier alpha value is -8.72. The highest BCUT2D eigenvalue weighted by molar-refractivity contribution is 7.21. The Morgan fingerprint density at radius 1 is 0.338 bits per heavy atom. The van der Waals surface area contributed by atoms with E-state index in [9.17, 15) is 0 Å². The van der Waals surface area contributed by atoms with Gasteiger partial charge in [-0.15, -0.1) is 0 Å². The van der Waals surface area contributed by atoms with Gasteiger partial charge in [0.15, 0.2) is 13.7 Å². The number of para-hydroxylation sites is 5. The minimum Gasteiger partial charge on any atom is -0.423 e. The molecule has 13 rings (SSSR count). The van der Waals surface area contributed by atoms with Gasteiger partial charge in [0.25, 0.3) is 0 Å². The molecule has 6 nitrogen and oxygen atoms in total. The van der Waals surface area contributed by atoms with Crippen molar-refractivity contribution in [2.24, 2.45) is 0 Å². The molecular formula is C61H46B3N5OSi. The molecule has 0 bridgehead atoms. The Bertz CT molecular complexity index is 3630. The van der Waals surface area contributed by atoms with E-state index in [4.69, 9.17) is 9.40 Å². The van der Waals surface area contributed by atoms with Crippen molar-refractivity contribution < 1.29 is 4.42 Å². The van der Waals surface area contributed by atoms with Gasteiger partial charge in [-0.25, -0.2) is 0 Å². The average molecular weight is 926 g/mol. The summed E-state index contributed by atoms with van der Waals surface area (Å²) in [4.78, 5) is 5.44. The van der Waals surface area contributed by atoms with Gasteiger partial charge in [-0.2, -0.15) is 4.98 Å². The summed E-state index contributed by atoms with van der Waals surface area (Å²) < 4.78 is 16.6. The standard InChI is InChI=1S/C61H46B3N5OSi/c1-8-26-47(27-9-1)62-67(50-32-14-4-15-33-50)63(48-28-10-2-11-29-48)69(64(49-30-12-3-13-31-49)68(62)51-34-16-5-17-35-51)52-36-24-41-55(46-52)71(53-37-18-6-19-38-53,54-39-20-7-21-40-54)59-45-25-43-57-60(59)65-61-66(57)56-42-22-23-44-58(56)70-61/h1-46H. The lowest BCUT2D eigenvalue weighted by Gasteiger charge is -2.57. The Labute approximate surface area is 416 Å². The third-order valence-corrected chi connectivity index (χ3v) is 19.1. The lowest BCUT2D eigenvalue weighted by Crippen LogP contribution is -2.86. The van der Waals surface area contributed by atoms with Gasteiger partial charge in [0.1, 0.15) is 0 Å². The van der Waals surface area contributed by atoms with Crippen molar-refractivity contribution in [3.8, 4) is 0 Å². The maximum atomic E-state index is 6.51. The molecule has 0 aliphatic carbocycles. The summed E-state index contributed by atoms with van der Waals surface area (Å²) in [6.45, 7) is -0.804. The molecule has 1 fully saturated rings. The third-order valence-electron chi connectivity index (χ3n) is 14.3. The van der Waals surface area contributed by atoms with Crippen molar-refractivity contribution in [3.63, 3.8) is 0 Å². The summed E-state index contributed by atoms with van der Waals surface area (Å²) in [6, 6.07) is 102. The fraction of sp³-hybridized carbons (Fsp3) is 0. The zero-order chi connectivity index (χ0) is 47.1. The van der Waals surface area contributed by atoms with Crippen LogP contribution in [0.1, 0.15) is 0 Å². The smallest absolute Gasteiger partial charge is 0.388 e. The van der Waals surface area contributed by atoms with E-state index in [1.54, 1.807) is 0 Å². The van der Waals surface area contributed by atoms with Crippen molar-refractivity contribution in [2.45, 2.75) is 0 Å². The Kier molecular flexibility index (Phi) is 10.7. The number of anilines is 3. The van der Waals surface area contributed by atoms with Crippen LogP contribution in [0.25, 0.3) is 28.0 Å². The van der Waals surface area contributed by atoms with Crippen LogP contribution in [0.3, 0.4) is 0 Å². The number of nitrogens with zero attached hydrogens (tertiary/aromatic N) is 5. The Morgan fingerprint density at radius 2 is 0.718 bits per heavy atom. The molecule has 0 amide bonds. The first-order chi connectivity index (χ1) is 35.3. The van der Waals surface area contributed by atoms with Crippen molar-refractivity contribution in [3.05, 3.63) is 279 Å². The first kappa shape index (κ1) is 42.4. The average Bonchev–Trinajstić information content (AvgIpc) is 4.02. The second-order valence-corrected chi connectivity index (χ2v) is 22.0. The van der Waals surface area contributed by atoms with Crippen molar-refractivity contribution >= 4 is 111 Å². The zero-order valence-corrected chi connectivity index (χ0v) is 39.9. The summed E-state index contributed by atoms with van der Waals surface area (Å²) in [5, 5.41) is 4.98. The van der Waals surface area contributed by atoms with Crippen molar-refractivity contribution in [1.82, 2.24) is 9.38 Å². The Balaban J connectivity index is 1.14. The topological polar surface area (TPSA) is 40.2 Å². The van der Waals surface area contributed by atoms with Crippen LogP contribution in [0.2, 0.25) is 0 Å². The largest absolute Gasteiger partial charge is 0.423 e. The number of benzene rings is 10. The number of oxazole rings is 1. The zero-order valence-electron chi connectivity index (χ0n) is 38.9. The van der Waals surface area contributed by atoms with Gasteiger partial charge in [0, 0.05) is 17.1 Å². The molecule has 0 unspecified atom stereocenters. The minimum absolute atomic E-state index is 0.231. The van der Waals surface area contributed by atoms with Gasteiger partial charge in [-0.1, -0.05) is 224 Å². The fourth-order valence-electron chi connectivity index (χ4n) is 11.4. The minimum atomic E-state index is -3.27. The van der Waals surface area contributed by atoms with Gasteiger partial charge < -0.3 is 18.6 Å². The number of aromatic nitrogens is 2. The number of hydrogen-bond acceptors (Lipinski definition) is 5. The Morgan fingerprint density at radius 3 is 1.23 bits per heavy atom. The van der Waals surface area contributed by atoms with Crippen LogP contribution < -0.4 is 51.3 Å². The van der Waals surface area contributed by atoms with Crippen LogP contribution in [-0.4, -0.2) is 38.4 Å². The molecule has 1 saturated heterocycles. The van der Waals surface area contributed by atoms with Gasteiger partial charge in [-0.3, -0.25) is 4.40 Å². The molecule has 10 aromatic carbocycles. The molecule has 3 heterocycles. The van der Waals surface area contributed by atoms with E-state index in [0.717, 1.165) is 39.2 Å². The van der Waals surface area contributed by atoms with E-state index >= 15 is 0 Å². The quantitative estimate of drug-likeness (QED) is 0.102. The normalized spacial score (nSPS) is 13.2. The number of rotatable bonds is 10. The second kappa shape index (κ2) is 18.0. The SMILES string of the molecule is c1ccc(B2N(c3ccccc3)B(c3ccccc3)N(c3cccc([Si](c4ccccc4)(c4ccccc4)c4cccc5c4nc4oc6ccccc6n45)c3)B(c3ccccc3)N2c2ccccc2)cc1. The molecule has 10 heteroatoms. The van der Waals surface area contributed by atoms with Gasteiger partial charge in [-0.05, 0) is 91.7 Å². The summed E-state index contributed by atoms with van der Waals surface area (Å²) in [5.74, 6) is 0.589. The van der Waals surface area contributed by atoms with Crippen molar-refractivity contribution in [2.75, 3.05) is 14.2 Å². The van der Waals surface area contributed by atoms with E-state index < -0.39 is 8.07 Å². The van der Waals surface area contributed by atoms with Crippen LogP contribution in [-0.2, 0) is 0 Å². The first-order valence-corrected chi connectivity index (χ1v) is 26.4. The molecule has 2 aromatic heterocycles.